The molecule has 2 aromatic carbocycles. The molecule has 0 saturated carbocycles. The van der Waals surface area contributed by atoms with E-state index in [9.17, 15) is 0 Å². The molecule has 0 fully saturated rings. The van der Waals surface area contributed by atoms with Gasteiger partial charge in [0.05, 0.1) is 0 Å². The summed E-state index contributed by atoms with van der Waals surface area (Å²) in [6.45, 7) is 4.84. The average Bonchev–Trinajstić information content (AvgIpc) is 2.54. The zero-order chi connectivity index (χ0) is 14.4. The molecule has 0 N–H and O–H groups in total. The minimum absolute atomic E-state index is 0.891. The zero-order valence-corrected chi connectivity index (χ0v) is 16.8. The van der Waals surface area contributed by atoms with Crippen molar-refractivity contribution in [2.24, 2.45) is 0 Å². The standard InChI is InChI=1S/C16H24OSi3/c1-19(17-18)13-14-20(2,15-9-5-3-6-10-15)16-11-7-4-8-12-16/h3-12,19H,13-14H2,1-2,18H3. The van der Waals surface area contributed by atoms with Crippen LogP contribution in [0.5, 0.6) is 0 Å². The van der Waals surface area contributed by atoms with Crippen LogP contribution in [0, 0.1) is 0 Å². The summed E-state index contributed by atoms with van der Waals surface area (Å²) in [6, 6.07) is 24.8. The van der Waals surface area contributed by atoms with Crippen LogP contribution in [0.25, 0.3) is 0 Å². The van der Waals surface area contributed by atoms with Crippen LogP contribution >= 0.6 is 0 Å². The molecule has 2 rings (SSSR count). The average molecular weight is 317 g/mol. The summed E-state index contributed by atoms with van der Waals surface area (Å²) in [5.74, 6) is 0. The van der Waals surface area contributed by atoms with Crippen LogP contribution in [0.2, 0.25) is 25.2 Å². The second-order valence-corrected chi connectivity index (χ2v) is 14.1. The Morgan fingerprint density at radius 1 is 0.950 bits per heavy atom. The highest BCUT2D eigenvalue weighted by molar-refractivity contribution is 7.01. The van der Waals surface area contributed by atoms with Crippen LogP contribution in [0.3, 0.4) is 0 Å². The fraction of sp³-hybridized carbons (Fsp3) is 0.250. The maximum atomic E-state index is 5.72. The van der Waals surface area contributed by atoms with Crippen molar-refractivity contribution in [3.8, 4) is 0 Å². The lowest BCUT2D eigenvalue weighted by Crippen LogP contribution is -2.55. The van der Waals surface area contributed by atoms with Gasteiger partial charge in [0.25, 0.3) is 0 Å². The van der Waals surface area contributed by atoms with E-state index in [-0.39, 0.29) is 0 Å². The minimum atomic E-state index is -1.61. The third-order valence-corrected chi connectivity index (χ3v) is 13.7. The van der Waals surface area contributed by atoms with Gasteiger partial charge in [-0.05, 0) is 12.6 Å². The van der Waals surface area contributed by atoms with Crippen molar-refractivity contribution in [3.63, 3.8) is 0 Å². The molecule has 1 nitrogen and oxygen atoms in total. The van der Waals surface area contributed by atoms with Crippen molar-refractivity contribution in [3.05, 3.63) is 60.7 Å². The first-order valence-electron chi connectivity index (χ1n) is 7.30. The van der Waals surface area contributed by atoms with E-state index < -0.39 is 17.1 Å². The first-order chi connectivity index (χ1) is 9.66. The molecule has 0 saturated heterocycles. The van der Waals surface area contributed by atoms with E-state index in [4.69, 9.17) is 4.12 Å². The van der Waals surface area contributed by atoms with Gasteiger partial charge in [-0.1, -0.05) is 83.6 Å². The third kappa shape index (κ3) is 3.58. The van der Waals surface area contributed by atoms with Crippen molar-refractivity contribution in [2.45, 2.75) is 25.2 Å². The first-order valence-corrected chi connectivity index (χ1v) is 13.3. The predicted molar refractivity (Wildman–Crippen MR) is 97.4 cm³/mol. The SMILES string of the molecule is C[SiH](CC[Si](C)(c1ccccc1)c1ccccc1)O[SiH3]. The largest absolute Gasteiger partial charge is 0.466 e. The summed E-state index contributed by atoms with van der Waals surface area (Å²) in [5.41, 5.74) is 0. The molecule has 0 aromatic heterocycles. The van der Waals surface area contributed by atoms with Crippen molar-refractivity contribution >= 4 is 38.0 Å². The number of rotatable bonds is 6. The molecule has 1 unspecified atom stereocenters. The summed E-state index contributed by atoms with van der Waals surface area (Å²) in [4.78, 5) is 0. The normalized spacial score (nSPS) is 13.3. The lowest BCUT2D eigenvalue weighted by Gasteiger charge is -2.29. The minimum Gasteiger partial charge on any atom is -0.466 e. The molecule has 1 atom stereocenters. The van der Waals surface area contributed by atoms with Gasteiger partial charge in [-0.15, -0.1) is 0 Å². The van der Waals surface area contributed by atoms with Gasteiger partial charge < -0.3 is 4.12 Å². The summed E-state index contributed by atoms with van der Waals surface area (Å²) >= 11 is 0. The number of hydrogen-bond acceptors (Lipinski definition) is 1. The molecule has 0 aliphatic heterocycles. The third-order valence-electron chi connectivity index (χ3n) is 4.28. The molecule has 0 bridgehead atoms. The van der Waals surface area contributed by atoms with Crippen LogP contribution in [-0.2, 0) is 4.12 Å². The molecule has 2 aromatic rings. The summed E-state index contributed by atoms with van der Waals surface area (Å²) in [7, 11) is -1.65. The van der Waals surface area contributed by atoms with Gasteiger partial charge in [-0.3, -0.25) is 0 Å². The molecule has 0 aliphatic carbocycles. The molecule has 4 heteroatoms. The summed E-state index contributed by atoms with van der Waals surface area (Å²) in [5, 5.41) is 3.08. The van der Waals surface area contributed by atoms with Gasteiger partial charge >= 0.3 is 0 Å². The number of benzene rings is 2. The molecule has 106 valence electrons. The van der Waals surface area contributed by atoms with Crippen LogP contribution in [-0.4, -0.2) is 27.6 Å². The highest BCUT2D eigenvalue weighted by Gasteiger charge is 2.31. The van der Waals surface area contributed by atoms with Gasteiger partial charge in [0.15, 0.2) is 9.04 Å². The van der Waals surface area contributed by atoms with Crippen LogP contribution in [0.4, 0.5) is 0 Å². The Bertz CT molecular complexity index is 476. The Balaban J connectivity index is 2.33. The molecule has 0 aliphatic rings. The topological polar surface area (TPSA) is 9.23 Å². The Morgan fingerprint density at radius 2 is 1.40 bits per heavy atom. The lowest BCUT2D eigenvalue weighted by molar-refractivity contribution is 0.638. The smallest absolute Gasteiger partial charge is 0.158 e. The van der Waals surface area contributed by atoms with Gasteiger partial charge in [0.2, 0.25) is 0 Å². The van der Waals surface area contributed by atoms with E-state index in [0.29, 0.717) is 0 Å². The van der Waals surface area contributed by atoms with E-state index >= 15 is 0 Å². The van der Waals surface area contributed by atoms with Crippen molar-refractivity contribution in [2.75, 3.05) is 0 Å². The summed E-state index contributed by atoms with van der Waals surface area (Å²) < 4.78 is 5.72. The quantitative estimate of drug-likeness (QED) is 0.735. The van der Waals surface area contributed by atoms with E-state index in [1.807, 2.05) is 0 Å². The van der Waals surface area contributed by atoms with Crippen LogP contribution in [0.1, 0.15) is 0 Å². The Morgan fingerprint density at radius 3 is 1.80 bits per heavy atom. The zero-order valence-electron chi connectivity index (χ0n) is 12.7. The van der Waals surface area contributed by atoms with Gasteiger partial charge in [-0.2, -0.15) is 0 Å². The van der Waals surface area contributed by atoms with Crippen LogP contribution < -0.4 is 10.4 Å². The molecule has 0 amide bonds. The van der Waals surface area contributed by atoms with E-state index in [2.05, 4.69) is 73.8 Å². The molecular weight excluding hydrogens is 292 g/mol. The maximum Gasteiger partial charge on any atom is 0.158 e. The van der Waals surface area contributed by atoms with Crippen molar-refractivity contribution in [1.29, 1.82) is 0 Å². The van der Waals surface area contributed by atoms with Gasteiger partial charge in [0, 0.05) is 0 Å². The van der Waals surface area contributed by atoms with E-state index in [0.717, 1.165) is 10.5 Å². The van der Waals surface area contributed by atoms with Crippen LogP contribution in [0.15, 0.2) is 60.7 Å². The van der Waals surface area contributed by atoms with Crippen molar-refractivity contribution in [1.82, 2.24) is 0 Å². The Kier molecular flexibility index (Phi) is 5.54. The Labute approximate surface area is 128 Å². The molecule has 0 radical (unpaired) electrons. The fourth-order valence-corrected chi connectivity index (χ4v) is 10.3. The molecule has 20 heavy (non-hydrogen) atoms. The fourth-order valence-electron chi connectivity index (χ4n) is 2.68. The molecular formula is C16H24OSi3. The maximum absolute atomic E-state index is 5.72. The highest BCUT2D eigenvalue weighted by Crippen LogP contribution is 2.16. The first kappa shape index (κ1) is 15.4. The van der Waals surface area contributed by atoms with Gasteiger partial charge in [0.1, 0.15) is 18.6 Å². The number of hydrogen-bond donors (Lipinski definition) is 0. The van der Waals surface area contributed by atoms with E-state index in [1.165, 1.54) is 12.1 Å². The van der Waals surface area contributed by atoms with Gasteiger partial charge in [-0.25, -0.2) is 0 Å². The van der Waals surface area contributed by atoms with Crippen molar-refractivity contribution < 1.29 is 4.12 Å². The summed E-state index contributed by atoms with van der Waals surface area (Å²) in [6.07, 6.45) is 0. The molecule has 0 heterocycles. The highest BCUT2D eigenvalue weighted by atomic mass is 28.3. The second kappa shape index (κ2) is 7.17. The lowest BCUT2D eigenvalue weighted by atomic mass is 10.4. The van der Waals surface area contributed by atoms with E-state index in [1.54, 1.807) is 10.4 Å². The Hall–Kier alpha value is -0.949. The molecule has 0 spiro atoms. The monoisotopic (exact) mass is 316 g/mol. The second-order valence-electron chi connectivity index (χ2n) is 5.65. The predicted octanol–water partition coefficient (Wildman–Crippen LogP) is 1.53.